The maximum Gasteiger partial charge on any atom is 0.267 e. The Morgan fingerprint density at radius 2 is 1.94 bits per heavy atom. The lowest BCUT2D eigenvalue weighted by Crippen LogP contribution is -2.23. The summed E-state index contributed by atoms with van der Waals surface area (Å²) in [5, 5.41) is -0.0452. The molecule has 0 aliphatic heterocycles. The zero-order valence-corrected chi connectivity index (χ0v) is 19.1. The Balaban J connectivity index is 1.88. The molecule has 0 radical (unpaired) electrons. The first-order valence-corrected chi connectivity index (χ1v) is 11.2. The third-order valence-electron chi connectivity index (χ3n) is 4.77. The van der Waals surface area contributed by atoms with Gasteiger partial charge >= 0.3 is 0 Å². The molecule has 0 aliphatic carbocycles. The van der Waals surface area contributed by atoms with Gasteiger partial charge in [-0.2, -0.15) is 0 Å². The van der Waals surface area contributed by atoms with Crippen molar-refractivity contribution in [2.75, 3.05) is 17.6 Å². The number of ether oxygens (including phenoxy) is 1. The SMILES string of the molecule is COc1ncc(Cl)cc1S(=O)(=O)Nc1ccc(F)c(-n2cc(C)c3nc(N)ncc3c2=O)c1F. The van der Waals surface area contributed by atoms with E-state index in [4.69, 9.17) is 22.1 Å². The average Bonchev–Trinajstić information content (AvgIpc) is 2.79. The van der Waals surface area contributed by atoms with Crippen LogP contribution in [-0.4, -0.2) is 35.0 Å². The van der Waals surface area contributed by atoms with Crippen molar-refractivity contribution < 1.29 is 21.9 Å². The standard InChI is InChI=1S/C20H15ClF2N6O4S/c1-9-8-29(19(30)11-7-26-20(24)27-16(9)11)17-12(22)3-4-13(15(17)23)28-34(31,32)14-5-10(21)6-25-18(14)33-2/h3-8,28H,1-2H3,(H2,24,26,27). The summed E-state index contributed by atoms with van der Waals surface area (Å²) in [5.41, 5.74) is 3.89. The lowest BCUT2D eigenvalue weighted by atomic mass is 10.2. The van der Waals surface area contributed by atoms with E-state index in [-0.39, 0.29) is 27.8 Å². The van der Waals surface area contributed by atoms with Gasteiger partial charge in [0.2, 0.25) is 11.8 Å². The fraction of sp³-hybridized carbons (Fsp3) is 0.100. The fourth-order valence-corrected chi connectivity index (χ4v) is 4.68. The number of pyridine rings is 2. The van der Waals surface area contributed by atoms with Crippen molar-refractivity contribution in [3.63, 3.8) is 0 Å². The molecule has 176 valence electrons. The number of methoxy groups -OCH3 is 1. The van der Waals surface area contributed by atoms with E-state index in [1.54, 1.807) is 6.92 Å². The van der Waals surface area contributed by atoms with E-state index in [2.05, 4.69) is 15.0 Å². The molecule has 0 saturated heterocycles. The second kappa shape index (κ2) is 8.50. The van der Waals surface area contributed by atoms with Gasteiger partial charge in [0.1, 0.15) is 11.5 Å². The van der Waals surface area contributed by atoms with Gasteiger partial charge < -0.3 is 10.5 Å². The van der Waals surface area contributed by atoms with E-state index in [9.17, 15) is 17.6 Å². The van der Waals surface area contributed by atoms with Gasteiger partial charge in [-0.25, -0.2) is 32.2 Å². The first-order valence-electron chi connectivity index (χ1n) is 9.38. The van der Waals surface area contributed by atoms with Crippen LogP contribution in [0.3, 0.4) is 0 Å². The molecular weight excluding hydrogens is 494 g/mol. The van der Waals surface area contributed by atoms with E-state index in [1.807, 2.05) is 4.72 Å². The summed E-state index contributed by atoms with van der Waals surface area (Å²) < 4.78 is 63.7. The van der Waals surface area contributed by atoms with Crippen molar-refractivity contribution >= 4 is 44.2 Å². The molecule has 0 bridgehead atoms. The summed E-state index contributed by atoms with van der Waals surface area (Å²) in [5.74, 6) is -2.82. The Morgan fingerprint density at radius 1 is 1.21 bits per heavy atom. The highest BCUT2D eigenvalue weighted by Gasteiger charge is 2.26. The molecule has 4 rings (SSSR count). The van der Waals surface area contributed by atoms with Crippen LogP contribution >= 0.6 is 11.6 Å². The fourth-order valence-electron chi connectivity index (χ4n) is 3.26. The van der Waals surface area contributed by atoms with Gasteiger partial charge in [-0.15, -0.1) is 0 Å². The maximum absolute atomic E-state index is 15.5. The first kappa shape index (κ1) is 23.3. The number of sulfonamides is 1. The van der Waals surface area contributed by atoms with Crippen LogP contribution in [-0.2, 0) is 10.0 Å². The number of aromatic nitrogens is 4. The molecule has 0 unspecified atom stereocenters. The first-order chi connectivity index (χ1) is 16.0. The second-order valence-electron chi connectivity index (χ2n) is 7.00. The number of halogens is 3. The van der Waals surface area contributed by atoms with E-state index >= 15 is 4.39 Å². The number of nitrogens with zero attached hydrogens (tertiary/aromatic N) is 4. The third kappa shape index (κ3) is 3.99. The predicted octanol–water partition coefficient (Wildman–Crippen LogP) is 2.81. The number of benzene rings is 1. The molecular formula is C20H15ClF2N6O4S. The predicted molar refractivity (Wildman–Crippen MR) is 121 cm³/mol. The molecule has 1 aromatic carbocycles. The van der Waals surface area contributed by atoms with Crippen LogP contribution in [0.1, 0.15) is 5.56 Å². The molecule has 0 atom stereocenters. The zero-order valence-electron chi connectivity index (χ0n) is 17.5. The Kier molecular flexibility index (Phi) is 5.83. The third-order valence-corrected chi connectivity index (χ3v) is 6.34. The van der Waals surface area contributed by atoms with Crippen LogP contribution in [0, 0.1) is 18.6 Å². The monoisotopic (exact) mass is 508 g/mol. The minimum Gasteiger partial charge on any atom is -0.480 e. The molecule has 0 saturated carbocycles. The van der Waals surface area contributed by atoms with Gasteiger partial charge in [0, 0.05) is 18.6 Å². The Hall–Kier alpha value is -3.84. The minimum atomic E-state index is -4.48. The smallest absolute Gasteiger partial charge is 0.267 e. The van der Waals surface area contributed by atoms with Gasteiger partial charge in [0.25, 0.3) is 15.6 Å². The number of nitrogens with two attached hydrogens (primary N) is 1. The quantitative estimate of drug-likeness (QED) is 0.419. The topological polar surface area (TPSA) is 142 Å². The number of anilines is 2. The molecule has 4 aromatic rings. The Morgan fingerprint density at radius 3 is 2.65 bits per heavy atom. The van der Waals surface area contributed by atoms with Crippen molar-refractivity contribution in [1.82, 2.24) is 19.5 Å². The molecule has 0 fully saturated rings. The number of nitrogen functional groups attached to an aromatic ring is 1. The Labute approximate surface area is 196 Å². The summed E-state index contributed by atoms with van der Waals surface area (Å²) in [6, 6.07) is 2.75. The lowest BCUT2D eigenvalue weighted by molar-refractivity contribution is 0.385. The number of fused-ring (bicyclic) bond motifs is 1. The van der Waals surface area contributed by atoms with Crippen molar-refractivity contribution in [2.45, 2.75) is 11.8 Å². The number of hydrogen-bond donors (Lipinski definition) is 2. The van der Waals surface area contributed by atoms with E-state index in [0.717, 1.165) is 24.4 Å². The summed E-state index contributed by atoms with van der Waals surface area (Å²) >= 11 is 5.84. The van der Waals surface area contributed by atoms with Gasteiger partial charge in [-0.05, 0) is 30.7 Å². The summed E-state index contributed by atoms with van der Waals surface area (Å²) in [6.45, 7) is 1.56. The highest BCUT2D eigenvalue weighted by molar-refractivity contribution is 7.92. The van der Waals surface area contributed by atoms with Crippen molar-refractivity contribution in [2.24, 2.45) is 0 Å². The van der Waals surface area contributed by atoms with Crippen LogP contribution in [0.15, 0.2) is 46.5 Å². The number of rotatable bonds is 5. The summed E-state index contributed by atoms with van der Waals surface area (Å²) in [4.78, 5) is 24.0. The van der Waals surface area contributed by atoms with Crippen LogP contribution in [0.5, 0.6) is 5.88 Å². The van der Waals surface area contributed by atoms with Crippen LogP contribution in [0.2, 0.25) is 5.02 Å². The van der Waals surface area contributed by atoms with Crippen molar-refractivity contribution in [3.8, 4) is 11.6 Å². The van der Waals surface area contributed by atoms with Crippen molar-refractivity contribution in [1.29, 1.82) is 0 Å². The molecule has 0 spiro atoms. The molecule has 34 heavy (non-hydrogen) atoms. The molecule has 0 amide bonds. The number of aryl methyl sites for hydroxylation is 1. The van der Waals surface area contributed by atoms with E-state index in [1.165, 1.54) is 19.5 Å². The van der Waals surface area contributed by atoms with Gasteiger partial charge in [-0.1, -0.05) is 11.6 Å². The maximum atomic E-state index is 15.5. The largest absolute Gasteiger partial charge is 0.480 e. The number of hydrogen-bond acceptors (Lipinski definition) is 8. The van der Waals surface area contributed by atoms with E-state index < -0.39 is 43.5 Å². The molecule has 3 N–H and O–H groups in total. The summed E-state index contributed by atoms with van der Waals surface area (Å²) in [7, 11) is -3.28. The van der Waals surface area contributed by atoms with Crippen molar-refractivity contribution in [3.05, 3.63) is 69.4 Å². The van der Waals surface area contributed by atoms with Crippen LogP contribution < -0.4 is 20.8 Å². The molecule has 3 aromatic heterocycles. The van der Waals surface area contributed by atoms with Crippen LogP contribution in [0.4, 0.5) is 20.4 Å². The van der Waals surface area contributed by atoms with Gasteiger partial charge in [0.15, 0.2) is 10.7 Å². The summed E-state index contributed by atoms with van der Waals surface area (Å²) in [6.07, 6.45) is 3.48. The van der Waals surface area contributed by atoms with Crippen LogP contribution in [0.25, 0.3) is 16.6 Å². The molecule has 3 heterocycles. The molecule has 14 heteroatoms. The number of nitrogens with one attached hydrogen (secondary N) is 1. The lowest BCUT2D eigenvalue weighted by Gasteiger charge is -2.15. The second-order valence-corrected chi connectivity index (χ2v) is 9.09. The Bertz CT molecular complexity index is 1630. The molecule has 0 aliphatic rings. The average molecular weight is 509 g/mol. The molecule has 10 nitrogen and oxygen atoms in total. The highest BCUT2D eigenvalue weighted by Crippen LogP contribution is 2.30. The minimum absolute atomic E-state index is 0.0116. The van der Waals surface area contributed by atoms with Gasteiger partial charge in [0.05, 0.1) is 28.7 Å². The van der Waals surface area contributed by atoms with E-state index in [0.29, 0.717) is 10.1 Å². The van der Waals surface area contributed by atoms with Gasteiger partial charge in [-0.3, -0.25) is 14.1 Å². The normalized spacial score (nSPS) is 11.6. The highest BCUT2D eigenvalue weighted by atomic mass is 35.5. The zero-order chi connectivity index (χ0) is 24.8.